The minimum absolute atomic E-state index is 0.153. The molecule has 2 aliphatic rings. The van der Waals surface area contributed by atoms with Gasteiger partial charge in [-0.25, -0.2) is 0 Å². The predicted molar refractivity (Wildman–Crippen MR) is 135 cm³/mol. The molecule has 10 heteroatoms. The molecule has 0 radical (unpaired) electrons. The summed E-state index contributed by atoms with van der Waals surface area (Å²) in [5.74, 6) is -0.806. The maximum atomic E-state index is 12.9. The lowest BCUT2D eigenvalue weighted by Crippen LogP contribution is -2.40. The second kappa shape index (κ2) is 11.0. The van der Waals surface area contributed by atoms with E-state index >= 15 is 0 Å². The molecule has 0 unspecified atom stereocenters. The van der Waals surface area contributed by atoms with Crippen molar-refractivity contribution in [3.63, 3.8) is 0 Å². The number of benzene rings is 2. The first-order chi connectivity index (χ1) is 16.8. The fraction of sp³-hybridized carbons (Fsp3) is 0.280. The molecule has 2 aromatic carbocycles. The molecule has 0 spiro atoms. The number of anilines is 1. The fourth-order valence-electron chi connectivity index (χ4n) is 3.81. The Morgan fingerprint density at radius 3 is 2.66 bits per heavy atom. The Labute approximate surface area is 212 Å². The summed E-state index contributed by atoms with van der Waals surface area (Å²) in [5.41, 5.74) is 2.11. The van der Waals surface area contributed by atoms with Crippen LogP contribution in [0.5, 0.6) is 5.75 Å². The van der Waals surface area contributed by atoms with Crippen LogP contribution < -0.4 is 10.1 Å². The van der Waals surface area contributed by atoms with Gasteiger partial charge in [-0.2, -0.15) is 0 Å². The number of hydrogen-bond acceptors (Lipinski definition) is 6. The molecule has 4 amide bonds. The van der Waals surface area contributed by atoms with Crippen LogP contribution in [0.15, 0.2) is 47.4 Å². The molecular formula is C25H24ClN3O5S. The zero-order valence-corrected chi connectivity index (χ0v) is 20.7. The standard InChI is InChI=1S/C25H24ClN3O5S/c1-16-5-4-6-19(11-16)27-22(30)15-34-20-8-7-18(26)12-17(20)13-21-24(32)29(25(33)35-21)14-23(31)28-9-2-3-10-28/h4-8,11-13H,2-3,9-10,14-15H2,1H3,(H,27,30)/b21-13-. The van der Waals surface area contributed by atoms with Crippen molar-refractivity contribution in [2.24, 2.45) is 0 Å². The largest absolute Gasteiger partial charge is 0.483 e. The molecule has 2 aromatic rings. The first-order valence-electron chi connectivity index (χ1n) is 11.1. The number of thioether (sulfide) groups is 1. The highest BCUT2D eigenvalue weighted by Crippen LogP contribution is 2.35. The molecule has 0 aliphatic carbocycles. The number of halogens is 1. The van der Waals surface area contributed by atoms with Crippen LogP contribution in [-0.2, 0) is 14.4 Å². The van der Waals surface area contributed by atoms with Crippen molar-refractivity contribution in [2.75, 3.05) is 31.6 Å². The van der Waals surface area contributed by atoms with Crippen LogP contribution in [0.4, 0.5) is 10.5 Å². The molecule has 0 aromatic heterocycles. The molecule has 2 aliphatic heterocycles. The van der Waals surface area contributed by atoms with Crippen LogP contribution >= 0.6 is 23.4 Å². The van der Waals surface area contributed by atoms with Crippen molar-refractivity contribution in [2.45, 2.75) is 19.8 Å². The third-order valence-electron chi connectivity index (χ3n) is 5.54. The van der Waals surface area contributed by atoms with E-state index in [2.05, 4.69) is 5.32 Å². The number of ether oxygens (including phenoxy) is 1. The van der Waals surface area contributed by atoms with Crippen LogP contribution in [0.3, 0.4) is 0 Å². The van der Waals surface area contributed by atoms with Crippen molar-refractivity contribution in [1.29, 1.82) is 0 Å². The molecule has 0 bridgehead atoms. The van der Waals surface area contributed by atoms with Gasteiger partial charge in [0.05, 0.1) is 4.91 Å². The summed E-state index contributed by atoms with van der Waals surface area (Å²) >= 11 is 6.89. The van der Waals surface area contributed by atoms with E-state index in [-0.39, 0.29) is 29.9 Å². The van der Waals surface area contributed by atoms with E-state index in [0.29, 0.717) is 35.1 Å². The molecule has 8 nitrogen and oxygen atoms in total. The van der Waals surface area contributed by atoms with Gasteiger partial charge in [0.1, 0.15) is 12.3 Å². The number of rotatable bonds is 7. The maximum Gasteiger partial charge on any atom is 0.294 e. The topological polar surface area (TPSA) is 96.0 Å². The first-order valence-corrected chi connectivity index (χ1v) is 12.3. The van der Waals surface area contributed by atoms with Crippen molar-refractivity contribution in [3.05, 3.63) is 63.5 Å². The Bertz CT molecular complexity index is 1210. The van der Waals surface area contributed by atoms with Gasteiger partial charge in [-0.1, -0.05) is 23.7 Å². The molecule has 182 valence electrons. The van der Waals surface area contributed by atoms with E-state index in [1.807, 2.05) is 25.1 Å². The Morgan fingerprint density at radius 2 is 1.91 bits per heavy atom. The number of aryl methyl sites for hydroxylation is 1. The van der Waals surface area contributed by atoms with Gasteiger partial charge in [0.15, 0.2) is 6.61 Å². The van der Waals surface area contributed by atoms with Crippen molar-refractivity contribution in [1.82, 2.24) is 9.80 Å². The predicted octanol–water partition coefficient (Wildman–Crippen LogP) is 4.32. The summed E-state index contributed by atoms with van der Waals surface area (Å²) < 4.78 is 5.69. The van der Waals surface area contributed by atoms with E-state index in [0.717, 1.165) is 35.1 Å². The van der Waals surface area contributed by atoms with E-state index in [1.54, 1.807) is 29.2 Å². The summed E-state index contributed by atoms with van der Waals surface area (Å²) in [7, 11) is 0. The Hall–Kier alpha value is -3.30. The fourth-order valence-corrected chi connectivity index (χ4v) is 4.82. The van der Waals surface area contributed by atoms with Crippen molar-refractivity contribution < 1.29 is 23.9 Å². The Balaban J connectivity index is 1.44. The highest BCUT2D eigenvalue weighted by atomic mass is 35.5. The summed E-state index contributed by atoms with van der Waals surface area (Å²) in [5, 5.41) is 2.66. The van der Waals surface area contributed by atoms with Gasteiger partial charge in [0.25, 0.3) is 17.1 Å². The minimum atomic E-state index is -0.546. The van der Waals surface area contributed by atoms with E-state index in [1.165, 1.54) is 6.08 Å². The van der Waals surface area contributed by atoms with Crippen LogP contribution in [0.2, 0.25) is 5.02 Å². The van der Waals surface area contributed by atoms with Crippen LogP contribution in [0.1, 0.15) is 24.0 Å². The number of hydrogen-bond donors (Lipinski definition) is 1. The summed E-state index contributed by atoms with van der Waals surface area (Å²) in [4.78, 5) is 52.9. The zero-order chi connectivity index (χ0) is 24.9. The molecule has 0 saturated carbocycles. The average Bonchev–Trinajstić information content (AvgIpc) is 3.44. The summed E-state index contributed by atoms with van der Waals surface area (Å²) in [6.45, 7) is 2.68. The summed E-state index contributed by atoms with van der Waals surface area (Å²) in [6, 6.07) is 12.2. The van der Waals surface area contributed by atoms with Gasteiger partial charge in [-0.05, 0) is 73.5 Å². The molecule has 2 fully saturated rings. The molecular weight excluding hydrogens is 490 g/mol. The SMILES string of the molecule is Cc1cccc(NC(=O)COc2ccc(Cl)cc2/C=C2\SC(=O)N(CC(=O)N3CCCC3)C2=O)c1. The third-order valence-corrected chi connectivity index (χ3v) is 6.69. The maximum absolute atomic E-state index is 12.9. The highest BCUT2D eigenvalue weighted by molar-refractivity contribution is 8.18. The van der Waals surface area contributed by atoms with Crippen LogP contribution in [0.25, 0.3) is 6.08 Å². The second-order valence-corrected chi connectivity index (χ2v) is 9.67. The van der Waals surface area contributed by atoms with Crippen LogP contribution in [0, 0.1) is 6.92 Å². The van der Waals surface area contributed by atoms with Crippen molar-refractivity contribution in [3.8, 4) is 5.75 Å². The highest BCUT2D eigenvalue weighted by Gasteiger charge is 2.37. The lowest BCUT2D eigenvalue weighted by atomic mass is 10.2. The lowest BCUT2D eigenvalue weighted by Gasteiger charge is -2.18. The molecule has 1 N–H and O–H groups in total. The zero-order valence-electron chi connectivity index (χ0n) is 19.1. The Morgan fingerprint density at radius 1 is 1.14 bits per heavy atom. The average molecular weight is 514 g/mol. The van der Waals surface area contributed by atoms with Gasteiger partial charge in [-0.15, -0.1) is 0 Å². The van der Waals surface area contributed by atoms with Gasteiger partial charge in [0, 0.05) is 29.4 Å². The third kappa shape index (κ3) is 6.23. The minimum Gasteiger partial charge on any atom is -0.483 e. The number of likely N-dealkylation sites (tertiary alicyclic amines) is 1. The number of nitrogens with one attached hydrogen (secondary N) is 1. The van der Waals surface area contributed by atoms with Gasteiger partial charge in [0.2, 0.25) is 5.91 Å². The Kier molecular flexibility index (Phi) is 7.77. The van der Waals surface area contributed by atoms with Gasteiger partial charge in [-0.3, -0.25) is 24.1 Å². The molecule has 4 rings (SSSR count). The molecule has 2 heterocycles. The van der Waals surface area contributed by atoms with E-state index in [9.17, 15) is 19.2 Å². The van der Waals surface area contributed by atoms with Gasteiger partial charge >= 0.3 is 0 Å². The number of amides is 4. The van der Waals surface area contributed by atoms with Crippen molar-refractivity contribution >= 4 is 58.1 Å². The number of imide groups is 1. The monoisotopic (exact) mass is 513 g/mol. The van der Waals surface area contributed by atoms with E-state index < -0.39 is 11.1 Å². The number of carbonyl (C=O) groups is 4. The second-order valence-electron chi connectivity index (χ2n) is 8.24. The summed E-state index contributed by atoms with van der Waals surface area (Å²) in [6.07, 6.45) is 3.34. The smallest absolute Gasteiger partial charge is 0.294 e. The van der Waals surface area contributed by atoms with Crippen LogP contribution in [-0.4, -0.2) is 59.0 Å². The first kappa shape index (κ1) is 24.8. The van der Waals surface area contributed by atoms with E-state index in [4.69, 9.17) is 16.3 Å². The lowest BCUT2D eigenvalue weighted by molar-refractivity contribution is -0.135. The van der Waals surface area contributed by atoms with Gasteiger partial charge < -0.3 is 15.0 Å². The molecule has 35 heavy (non-hydrogen) atoms. The number of carbonyl (C=O) groups excluding carboxylic acids is 4. The normalized spacial score (nSPS) is 16.8. The quantitative estimate of drug-likeness (QED) is 0.554. The molecule has 2 saturated heterocycles. The number of nitrogens with zero attached hydrogens (tertiary/aromatic N) is 2. The molecule has 0 atom stereocenters.